The molecular weight excluding hydrogens is 190 g/mol. The number of hydrogen-bond donors (Lipinski definition) is 1. The van der Waals surface area contributed by atoms with Crippen molar-refractivity contribution in [2.24, 2.45) is 5.92 Å². The van der Waals surface area contributed by atoms with E-state index in [9.17, 15) is 4.79 Å². The highest BCUT2D eigenvalue weighted by Crippen LogP contribution is 2.12. The zero-order chi connectivity index (χ0) is 10.5. The molecule has 0 bridgehead atoms. The van der Waals surface area contributed by atoms with Crippen molar-refractivity contribution < 1.29 is 4.79 Å². The number of amides is 1. The Bertz CT molecular complexity index is 196. The van der Waals surface area contributed by atoms with Crippen LogP contribution in [0.4, 0.5) is 0 Å². The monoisotopic (exact) mass is 211 g/mol. The van der Waals surface area contributed by atoms with Crippen LogP contribution in [0.5, 0.6) is 0 Å². The lowest BCUT2D eigenvalue weighted by Crippen LogP contribution is -2.48. The molecule has 2 fully saturated rings. The summed E-state index contributed by atoms with van der Waals surface area (Å²) in [6.45, 7) is 7.49. The molecule has 0 aromatic carbocycles. The van der Waals surface area contributed by atoms with Gasteiger partial charge in [-0.1, -0.05) is 0 Å². The smallest absolute Gasteiger partial charge is 0.209 e. The summed E-state index contributed by atoms with van der Waals surface area (Å²) in [5, 5.41) is 3.45. The van der Waals surface area contributed by atoms with Crippen molar-refractivity contribution in [3.8, 4) is 0 Å². The molecule has 0 radical (unpaired) electrons. The number of rotatable bonds is 3. The van der Waals surface area contributed by atoms with Crippen molar-refractivity contribution in [1.29, 1.82) is 0 Å². The van der Waals surface area contributed by atoms with E-state index in [0.29, 0.717) is 0 Å². The van der Waals surface area contributed by atoms with Gasteiger partial charge in [-0.3, -0.25) is 9.69 Å². The molecular formula is C11H21N3O. The molecule has 0 aromatic rings. The number of hydrogen-bond acceptors (Lipinski definition) is 3. The molecule has 1 amide bonds. The Balaban J connectivity index is 1.69. The summed E-state index contributed by atoms with van der Waals surface area (Å²) in [5.41, 5.74) is 0. The Kier molecular flexibility index (Phi) is 3.97. The van der Waals surface area contributed by atoms with E-state index < -0.39 is 0 Å². The molecule has 2 aliphatic heterocycles. The van der Waals surface area contributed by atoms with Crippen LogP contribution in [0.2, 0.25) is 0 Å². The van der Waals surface area contributed by atoms with Crippen LogP contribution in [-0.4, -0.2) is 62.0 Å². The summed E-state index contributed by atoms with van der Waals surface area (Å²) in [4.78, 5) is 14.9. The lowest BCUT2D eigenvalue weighted by Gasteiger charge is -2.35. The minimum absolute atomic E-state index is 0.821. The molecule has 1 atom stereocenters. The number of nitrogens with one attached hydrogen (secondary N) is 1. The van der Waals surface area contributed by atoms with E-state index in [1.54, 1.807) is 0 Å². The predicted molar refractivity (Wildman–Crippen MR) is 59.7 cm³/mol. The standard InChI is InChI=1S/C11H21N3O/c15-10-14-6-4-13(5-7-14)9-11-2-1-3-12-8-11/h10-12H,1-9H2. The molecule has 2 saturated heterocycles. The maximum Gasteiger partial charge on any atom is 0.209 e. The minimum atomic E-state index is 0.821. The summed E-state index contributed by atoms with van der Waals surface area (Å²) < 4.78 is 0. The Morgan fingerprint density at radius 1 is 1.27 bits per heavy atom. The van der Waals surface area contributed by atoms with Crippen LogP contribution in [0, 0.1) is 5.92 Å². The first-order valence-electron chi connectivity index (χ1n) is 6.01. The van der Waals surface area contributed by atoms with E-state index in [1.165, 1.54) is 32.5 Å². The van der Waals surface area contributed by atoms with Gasteiger partial charge in [0.2, 0.25) is 6.41 Å². The quantitative estimate of drug-likeness (QED) is 0.655. The fourth-order valence-corrected chi connectivity index (χ4v) is 2.50. The van der Waals surface area contributed by atoms with Crippen LogP contribution in [0.1, 0.15) is 12.8 Å². The second-order valence-electron chi connectivity index (χ2n) is 4.65. The molecule has 0 aliphatic carbocycles. The summed E-state index contributed by atoms with van der Waals surface area (Å²) >= 11 is 0. The minimum Gasteiger partial charge on any atom is -0.343 e. The molecule has 0 spiro atoms. The maximum absolute atomic E-state index is 10.6. The van der Waals surface area contributed by atoms with Crippen LogP contribution in [0.15, 0.2) is 0 Å². The van der Waals surface area contributed by atoms with E-state index in [2.05, 4.69) is 10.2 Å². The van der Waals surface area contributed by atoms with E-state index >= 15 is 0 Å². The van der Waals surface area contributed by atoms with Gasteiger partial charge in [-0.05, 0) is 31.8 Å². The molecule has 4 nitrogen and oxygen atoms in total. The van der Waals surface area contributed by atoms with Crippen LogP contribution < -0.4 is 5.32 Å². The summed E-state index contributed by atoms with van der Waals surface area (Å²) in [6.07, 6.45) is 3.65. The lowest BCUT2D eigenvalue weighted by molar-refractivity contribution is -0.119. The molecule has 15 heavy (non-hydrogen) atoms. The van der Waals surface area contributed by atoms with Gasteiger partial charge in [-0.2, -0.15) is 0 Å². The van der Waals surface area contributed by atoms with Gasteiger partial charge in [-0.25, -0.2) is 0 Å². The molecule has 86 valence electrons. The summed E-state index contributed by atoms with van der Waals surface area (Å²) in [5.74, 6) is 0.821. The first-order chi connectivity index (χ1) is 7.38. The molecule has 2 aliphatic rings. The second kappa shape index (κ2) is 5.47. The van der Waals surface area contributed by atoms with Crippen LogP contribution in [0.25, 0.3) is 0 Å². The highest BCUT2D eigenvalue weighted by Gasteiger charge is 2.20. The maximum atomic E-state index is 10.6. The molecule has 4 heteroatoms. The third-order valence-electron chi connectivity index (χ3n) is 3.47. The topological polar surface area (TPSA) is 35.6 Å². The van der Waals surface area contributed by atoms with E-state index in [4.69, 9.17) is 0 Å². The van der Waals surface area contributed by atoms with Crippen molar-refractivity contribution in [3.05, 3.63) is 0 Å². The van der Waals surface area contributed by atoms with Crippen molar-refractivity contribution in [2.45, 2.75) is 12.8 Å². The normalized spacial score (nSPS) is 29.1. The lowest BCUT2D eigenvalue weighted by atomic mass is 9.99. The van der Waals surface area contributed by atoms with Crippen LogP contribution in [0.3, 0.4) is 0 Å². The van der Waals surface area contributed by atoms with Crippen molar-refractivity contribution in [3.63, 3.8) is 0 Å². The van der Waals surface area contributed by atoms with Gasteiger partial charge in [-0.15, -0.1) is 0 Å². The highest BCUT2D eigenvalue weighted by atomic mass is 16.1. The van der Waals surface area contributed by atoms with E-state index in [1.807, 2.05) is 4.90 Å². The van der Waals surface area contributed by atoms with Gasteiger partial charge in [0.05, 0.1) is 0 Å². The average Bonchev–Trinajstić information content (AvgIpc) is 2.31. The largest absolute Gasteiger partial charge is 0.343 e. The van der Waals surface area contributed by atoms with Crippen LogP contribution >= 0.6 is 0 Å². The highest BCUT2D eigenvalue weighted by molar-refractivity contribution is 5.47. The zero-order valence-electron chi connectivity index (χ0n) is 9.32. The van der Waals surface area contributed by atoms with Crippen molar-refractivity contribution in [1.82, 2.24) is 15.1 Å². The second-order valence-corrected chi connectivity index (χ2v) is 4.65. The first kappa shape index (κ1) is 10.9. The van der Waals surface area contributed by atoms with Gasteiger partial charge in [0.1, 0.15) is 0 Å². The van der Waals surface area contributed by atoms with E-state index in [0.717, 1.165) is 38.5 Å². The molecule has 2 heterocycles. The Morgan fingerprint density at radius 3 is 2.67 bits per heavy atom. The Labute approximate surface area is 91.6 Å². The molecule has 0 saturated carbocycles. The summed E-state index contributed by atoms with van der Waals surface area (Å²) in [6, 6.07) is 0. The van der Waals surface area contributed by atoms with Crippen molar-refractivity contribution >= 4 is 6.41 Å². The molecule has 1 N–H and O–H groups in total. The Hall–Kier alpha value is -0.610. The van der Waals surface area contributed by atoms with E-state index in [-0.39, 0.29) is 0 Å². The molecule has 0 aromatic heterocycles. The number of carbonyl (C=O) groups excluding carboxylic acids is 1. The molecule has 2 rings (SSSR count). The SMILES string of the molecule is O=CN1CCN(CC2CCCNC2)CC1. The fourth-order valence-electron chi connectivity index (χ4n) is 2.50. The van der Waals surface area contributed by atoms with Gasteiger partial charge in [0, 0.05) is 32.7 Å². The number of piperidine rings is 1. The van der Waals surface area contributed by atoms with Crippen molar-refractivity contribution in [2.75, 3.05) is 45.8 Å². The Morgan fingerprint density at radius 2 is 2.07 bits per heavy atom. The third kappa shape index (κ3) is 3.18. The number of nitrogens with zero attached hydrogens (tertiary/aromatic N) is 2. The summed E-state index contributed by atoms with van der Waals surface area (Å²) in [7, 11) is 0. The predicted octanol–water partition coefficient (Wildman–Crippen LogP) is -0.240. The van der Waals surface area contributed by atoms with Gasteiger partial charge < -0.3 is 10.2 Å². The number of carbonyl (C=O) groups is 1. The van der Waals surface area contributed by atoms with Gasteiger partial charge >= 0.3 is 0 Å². The van der Waals surface area contributed by atoms with Crippen LogP contribution in [-0.2, 0) is 4.79 Å². The molecule has 1 unspecified atom stereocenters. The third-order valence-corrected chi connectivity index (χ3v) is 3.47. The first-order valence-corrected chi connectivity index (χ1v) is 6.01. The van der Waals surface area contributed by atoms with Gasteiger partial charge in [0.15, 0.2) is 0 Å². The number of piperazine rings is 1. The average molecular weight is 211 g/mol. The fraction of sp³-hybridized carbons (Fsp3) is 0.909. The van der Waals surface area contributed by atoms with Gasteiger partial charge in [0.25, 0.3) is 0 Å². The zero-order valence-corrected chi connectivity index (χ0v) is 9.32.